The Hall–Kier alpha value is -2.00. The van der Waals surface area contributed by atoms with Crippen LogP contribution < -0.4 is 0 Å². The van der Waals surface area contributed by atoms with Gasteiger partial charge in [0.1, 0.15) is 67.1 Å². The van der Waals surface area contributed by atoms with E-state index in [4.69, 9.17) is 33.2 Å². The summed E-state index contributed by atoms with van der Waals surface area (Å²) in [7, 11) is 1.34. The minimum Gasteiger partial charge on any atom is -0.469 e. The first-order valence-corrected chi connectivity index (χ1v) is 24.5. The van der Waals surface area contributed by atoms with Gasteiger partial charge in [0.25, 0.3) is 0 Å². The minimum atomic E-state index is -1.80. The number of hydrogen-bond donors (Lipinski definition) is 12. The Balaban J connectivity index is 1.04. The summed E-state index contributed by atoms with van der Waals surface area (Å²) in [5.74, 6) is -1.90. The number of hydrogen-bond acceptors (Lipinski definition) is 21. The molecule has 25 atom stereocenters. The second-order valence-electron chi connectivity index (χ2n) is 22.9. The van der Waals surface area contributed by atoms with E-state index in [9.17, 15) is 70.9 Å². The van der Waals surface area contributed by atoms with Crippen LogP contribution in [0.15, 0.2) is 11.6 Å². The first-order chi connectivity index (χ1) is 32.4. The SMILES string of the molecule is COC(=O)[C@@]1(C)CC[C@]2(C(=O)O[C@@H]3O[C@H](CO)[C@@H](O)[C@H](O)[C@H]3O)CC[C@]3(C)C(=CC[C@@H]4[C@@]5(C)C[C@H](O)[C@H](O[C@@H]6OC[C@@H](O[C@@H]7O[C@H](CO)[C@@H](O)[C@H](O)[C@H]7O)[C@H](O)[C@H]6O)[C@@](C)(CO)[C@@H]5CC[C@]43C)[C@@H]2C1. The molecule has 0 aromatic heterocycles. The quantitative estimate of drug-likeness (QED) is 0.0632. The second kappa shape index (κ2) is 19.0. The Bertz CT molecular complexity index is 1920. The average molecular weight is 989 g/mol. The van der Waals surface area contributed by atoms with Crippen LogP contribution in [0.4, 0.5) is 0 Å². The third-order valence-corrected chi connectivity index (χ3v) is 19.5. The van der Waals surface area contributed by atoms with E-state index in [2.05, 4.69) is 26.8 Å². The van der Waals surface area contributed by atoms with Crippen LogP contribution in [0.5, 0.6) is 0 Å². The van der Waals surface area contributed by atoms with Crippen LogP contribution in [0.3, 0.4) is 0 Å². The van der Waals surface area contributed by atoms with Crippen LogP contribution in [0.25, 0.3) is 0 Å². The molecule has 69 heavy (non-hydrogen) atoms. The van der Waals surface area contributed by atoms with Gasteiger partial charge in [-0.05, 0) is 98.7 Å². The van der Waals surface area contributed by atoms with Crippen molar-refractivity contribution in [2.75, 3.05) is 33.5 Å². The lowest BCUT2D eigenvalue weighted by atomic mass is 9.33. The number of fused-ring (bicyclic) bond motifs is 7. The molecular formula is C48H76O21. The number of aliphatic hydroxyl groups excluding tert-OH is 12. The van der Waals surface area contributed by atoms with Crippen LogP contribution in [0, 0.1) is 50.2 Å². The van der Waals surface area contributed by atoms with Gasteiger partial charge in [0.15, 0.2) is 12.6 Å². The molecule has 0 radical (unpaired) electrons. The largest absolute Gasteiger partial charge is 0.469 e. The van der Waals surface area contributed by atoms with Crippen molar-refractivity contribution >= 4 is 11.9 Å². The molecule has 0 bridgehead atoms. The maximum absolute atomic E-state index is 14.8. The number of carbonyl (C=O) groups excluding carboxylic acids is 2. The van der Waals surface area contributed by atoms with Gasteiger partial charge in [-0.2, -0.15) is 0 Å². The molecule has 0 unspecified atom stereocenters. The van der Waals surface area contributed by atoms with Crippen molar-refractivity contribution in [2.45, 2.75) is 191 Å². The Morgan fingerprint density at radius 3 is 1.87 bits per heavy atom. The highest BCUT2D eigenvalue weighted by atomic mass is 16.7. The van der Waals surface area contributed by atoms with Crippen LogP contribution in [-0.2, 0) is 42.7 Å². The van der Waals surface area contributed by atoms with Crippen LogP contribution >= 0.6 is 0 Å². The molecule has 8 rings (SSSR count). The molecule has 3 heterocycles. The fourth-order valence-electron chi connectivity index (χ4n) is 15.1. The van der Waals surface area contributed by atoms with Crippen LogP contribution in [0.2, 0.25) is 0 Å². The molecule has 21 heteroatoms. The zero-order chi connectivity index (χ0) is 50.6. The number of allylic oxidation sites excluding steroid dienone is 2. The van der Waals surface area contributed by atoms with E-state index in [1.54, 1.807) is 0 Å². The molecule has 8 aliphatic rings. The Morgan fingerprint density at radius 2 is 1.26 bits per heavy atom. The lowest BCUT2D eigenvalue weighted by molar-refractivity contribution is -0.357. The lowest BCUT2D eigenvalue weighted by Gasteiger charge is -2.71. The van der Waals surface area contributed by atoms with Gasteiger partial charge in [-0.3, -0.25) is 9.59 Å². The van der Waals surface area contributed by atoms with Crippen molar-refractivity contribution in [3.63, 3.8) is 0 Å². The van der Waals surface area contributed by atoms with Gasteiger partial charge in [0, 0.05) is 5.41 Å². The predicted octanol–water partition coefficient (Wildman–Crippen LogP) is -2.12. The zero-order valence-electron chi connectivity index (χ0n) is 40.3. The van der Waals surface area contributed by atoms with Crippen molar-refractivity contribution in [3.05, 3.63) is 11.6 Å². The van der Waals surface area contributed by atoms with Crippen molar-refractivity contribution in [3.8, 4) is 0 Å². The molecule has 394 valence electrons. The summed E-state index contributed by atoms with van der Waals surface area (Å²) in [6.07, 6.45) is -18.7. The van der Waals surface area contributed by atoms with Gasteiger partial charge in [-0.15, -0.1) is 0 Å². The zero-order valence-corrected chi connectivity index (χ0v) is 40.3. The number of carbonyl (C=O) groups is 2. The van der Waals surface area contributed by atoms with Crippen LogP contribution in [0.1, 0.15) is 92.4 Å². The Kier molecular flexibility index (Phi) is 14.7. The Morgan fingerprint density at radius 1 is 0.667 bits per heavy atom. The summed E-state index contributed by atoms with van der Waals surface area (Å²) in [6.45, 7) is 8.10. The standard InChI is InChI=1S/C48H76O21/c1-43(41(61)63-6)11-13-48(42(62)69-40-36(60)33(57)30(54)25(18-50)66-40)14-12-46(4)21(22(48)15-43)7-8-28-44(2)16-23(52)37(45(3,20-51)27(44)9-10-47(28,46)5)68-38-34(58)31(55)26(19-64-38)67-39-35(59)32(56)29(53)24(17-49)65-39/h7,22-40,49-60H,8-20H2,1-6H3/t22-,23-,24+,25+,26+,27+,28+,29+,30+,31-,32-,33-,34+,35+,36+,37-,38-,39-,40-,43-,44-,45-,46+,47+,48-/m0/s1. The first-order valence-electron chi connectivity index (χ1n) is 24.5. The highest BCUT2D eigenvalue weighted by Crippen LogP contribution is 2.76. The molecule has 3 aliphatic heterocycles. The number of aliphatic hydroxyl groups is 12. The molecule has 5 aliphatic carbocycles. The highest BCUT2D eigenvalue weighted by molar-refractivity contribution is 5.81. The second-order valence-corrected chi connectivity index (χ2v) is 22.9. The molecular weight excluding hydrogens is 913 g/mol. The van der Waals surface area contributed by atoms with E-state index in [-0.39, 0.29) is 31.1 Å². The molecule has 3 saturated heterocycles. The fraction of sp³-hybridized carbons (Fsp3) is 0.917. The predicted molar refractivity (Wildman–Crippen MR) is 233 cm³/mol. The van der Waals surface area contributed by atoms with E-state index in [1.807, 2.05) is 13.8 Å². The molecule has 7 fully saturated rings. The van der Waals surface area contributed by atoms with Gasteiger partial charge in [0.2, 0.25) is 6.29 Å². The number of esters is 2. The topological polar surface area (TPSA) is 342 Å². The monoisotopic (exact) mass is 988 g/mol. The number of ether oxygens (including phenoxy) is 7. The molecule has 0 aromatic carbocycles. The van der Waals surface area contributed by atoms with Gasteiger partial charge >= 0.3 is 11.9 Å². The summed E-state index contributed by atoms with van der Waals surface area (Å²) < 4.78 is 40.3. The fourth-order valence-corrected chi connectivity index (χ4v) is 15.1. The minimum absolute atomic E-state index is 0.0678. The molecule has 12 N–H and O–H groups in total. The maximum Gasteiger partial charge on any atom is 0.315 e. The first kappa shape index (κ1) is 53.3. The van der Waals surface area contributed by atoms with Gasteiger partial charge in [0.05, 0.1) is 56.6 Å². The molecule has 0 aromatic rings. The van der Waals surface area contributed by atoms with Crippen molar-refractivity contribution in [1.82, 2.24) is 0 Å². The lowest BCUT2D eigenvalue weighted by Crippen LogP contribution is -2.69. The van der Waals surface area contributed by atoms with E-state index in [0.717, 1.165) is 5.57 Å². The van der Waals surface area contributed by atoms with E-state index in [1.165, 1.54) is 7.11 Å². The summed E-state index contributed by atoms with van der Waals surface area (Å²) in [5, 5.41) is 128. The molecule has 21 nitrogen and oxygen atoms in total. The molecule has 0 spiro atoms. The van der Waals surface area contributed by atoms with Crippen LogP contribution in [-0.4, -0.2) is 205 Å². The van der Waals surface area contributed by atoms with E-state index >= 15 is 0 Å². The van der Waals surface area contributed by atoms with Crippen molar-refractivity contribution in [1.29, 1.82) is 0 Å². The van der Waals surface area contributed by atoms with Gasteiger partial charge in [-0.1, -0.05) is 39.3 Å². The Labute approximate surface area is 401 Å². The molecule has 0 amide bonds. The summed E-state index contributed by atoms with van der Waals surface area (Å²) in [6, 6.07) is 0. The van der Waals surface area contributed by atoms with Gasteiger partial charge < -0.3 is 94.4 Å². The van der Waals surface area contributed by atoms with E-state index < -0.39 is 175 Å². The average Bonchev–Trinajstić information content (AvgIpc) is 3.32. The third-order valence-electron chi connectivity index (χ3n) is 19.5. The number of methoxy groups -OCH3 is 1. The van der Waals surface area contributed by atoms with Crippen molar-refractivity contribution in [2.24, 2.45) is 50.2 Å². The maximum atomic E-state index is 14.8. The smallest absolute Gasteiger partial charge is 0.315 e. The summed E-state index contributed by atoms with van der Waals surface area (Å²) in [4.78, 5) is 28.3. The van der Waals surface area contributed by atoms with Crippen molar-refractivity contribution < 1.29 is 104 Å². The summed E-state index contributed by atoms with van der Waals surface area (Å²) in [5.41, 5.74) is -3.81. The normalized spacial score (nSPS) is 54.2. The summed E-state index contributed by atoms with van der Waals surface area (Å²) >= 11 is 0. The van der Waals surface area contributed by atoms with Gasteiger partial charge in [-0.25, -0.2) is 0 Å². The highest BCUT2D eigenvalue weighted by Gasteiger charge is 2.72. The van der Waals surface area contributed by atoms with E-state index in [0.29, 0.717) is 38.5 Å². The number of rotatable bonds is 10. The molecule has 4 saturated carbocycles. The third kappa shape index (κ3) is 8.16.